The topological polar surface area (TPSA) is 38.8 Å². The molecule has 1 rings (SSSR count). The third kappa shape index (κ3) is 3.10. The predicted octanol–water partition coefficient (Wildman–Crippen LogP) is 1.25. The summed E-state index contributed by atoms with van der Waals surface area (Å²) in [6, 6.07) is 0. The monoisotopic (exact) mass is 196 g/mol. The highest BCUT2D eigenvalue weighted by Crippen LogP contribution is 2.11. The Kier molecular flexibility index (Phi) is 3.17. The van der Waals surface area contributed by atoms with Crippen molar-refractivity contribution in [2.45, 2.75) is 6.10 Å². The van der Waals surface area contributed by atoms with E-state index < -0.39 is 5.97 Å². The summed E-state index contributed by atoms with van der Waals surface area (Å²) in [7, 11) is 0. The van der Waals surface area contributed by atoms with Crippen molar-refractivity contribution in [3.05, 3.63) is 10.6 Å². The molecule has 1 aliphatic heterocycles. The molecule has 3 nitrogen and oxygen atoms in total. The number of carbonyl (C=O) groups is 1. The maximum atomic E-state index is 10.7. The van der Waals surface area contributed by atoms with Gasteiger partial charge >= 0.3 is 5.97 Å². The van der Waals surface area contributed by atoms with Crippen LogP contribution in [0.3, 0.4) is 0 Å². The summed E-state index contributed by atoms with van der Waals surface area (Å²) < 4.78 is 9.47. The van der Waals surface area contributed by atoms with Crippen LogP contribution in [0.5, 0.6) is 0 Å². The van der Waals surface area contributed by atoms with Gasteiger partial charge in [-0.2, -0.15) is 0 Å². The van der Waals surface area contributed by atoms with Crippen molar-refractivity contribution in [1.82, 2.24) is 0 Å². The Bertz CT molecular complexity index is 186. The van der Waals surface area contributed by atoms with Crippen LogP contribution in [0.1, 0.15) is 0 Å². The van der Waals surface area contributed by atoms with Crippen molar-refractivity contribution in [1.29, 1.82) is 0 Å². The third-order valence-corrected chi connectivity index (χ3v) is 1.69. The number of halogens is 2. The second-order valence-corrected chi connectivity index (χ2v) is 2.64. The van der Waals surface area contributed by atoms with Crippen molar-refractivity contribution in [3.63, 3.8) is 0 Å². The van der Waals surface area contributed by atoms with Gasteiger partial charge in [-0.05, 0) is 0 Å². The maximum absolute atomic E-state index is 10.7. The molecule has 1 saturated heterocycles. The summed E-state index contributed by atoms with van der Waals surface area (Å²) in [5.74, 6) is -0.614. The molecule has 0 bridgehead atoms. The highest BCUT2D eigenvalue weighted by Gasteiger charge is 2.24. The van der Waals surface area contributed by atoms with Gasteiger partial charge in [0.15, 0.2) is 0 Å². The molecule has 1 aliphatic rings. The fourth-order valence-electron chi connectivity index (χ4n) is 0.446. The van der Waals surface area contributed by atoms with E-state index in [1.54, 1.807) is 0 Å². The van der Waals surface area contributed by atoms with E-state index in [1.165, 1.54) is 0 Å². The SMILES string of the molecule is O=C(OCC1CO1)/C(Cl)=C/Cl. The lowest BCUT2D eigenvalue weighted by Gasteiger charge is -1.98. The molecule has 1 fully saturated rings. The second-order valence-electron chi connectivity index (χ2n) is 2.01. The van der Waals surface area contributed by atoms with E-state index in [0.29, 0.717) is 6.61 Å². The van der Waals surface area contributed by atoms with Gasteiger partial charge in [-0.25, -0.2) is 4.79 Å². The van der Waals surface area contributed by atoms with Crippen LogP contribution in [0, 0.1) is 0 Å². The van der Waals surface area contributed by atoms with Crippen molar-refractivity contribution in [2.24, 2.45) is 0 Å². The average Bonchev–Trinajstić information content (AvgIpc) is 2.81. The van der Waals surface area contributed by atoms with Crippen molar-refractivity contribution in [3.8, 4) is 0 Å². The lowest BCUT2D eigenvalue weighted by molar-refractivity contribution is -0.138. The molecule has 5 heteroatoms. The van der Waals surface area contributed by atoms with Gasteiger partial charge < -0.3 is 9.47 Å². The summed E-state index contributed by atoms with van der Waals surface area (Å²) in [5.41, 5.74) is 0.970. The Labute approximate surface area is 73.9 Å². The largest absolute Gasteiger partial charge is 0.459 e. The van der Waals surface area contributed by atoms with E-state index >= 15 is 0 Å². The van der Waals surface area contributed by atoms with Crippen LogP contribution in [-0.2, 0) is 14.3 Å². The van der Waals surface area contributed by atoms with Gasteiger partial charge in [-0.15, -0.1) is 0 Å². The van der Waals surface area contributed by atoms with Crippen molar-refractivity contribution < 1.29 is 14.3 Å². The second kappa shape index (κ2) is 3.95. The molecular formula is C6H6Cl2O3. The summed E-state index contributed by atoms with van der Waals surface area (Å²) >= 11 is 10.5. The molecular weight excluding hydrogens is 191 g/mol. The van der Waals surface area contributed by atoms with Crippen LogP contribution >= 0.6 is 23.2 Å². The molecule has 0 aliphatic carbocycles. The number of hydrogen-bond donors (Lipinski definition) is 0. The van der Waals surface area contributed by atoms with Crippen LogP contribution in [0.25, 0.3) is 0 Å². The van der Waals surface area contributed by atoms with E-state index in [1.807, 2.05) is 0 Å². The lowest BCUT2D eigenvalue weighted by atomic mass is 10.5. The first-order chi connectivity index (χ1) is 5.24. The number of carbonyl (C=O) groups excluding carboxylic acids is 1. The summed E-state index contributed by atoms with van der Waals surface area (Å²) in [5, 5.41) is -0.118. The number of esters is 1. The van der Waals surface area contributed by atoms with Crippen LogP contribution in [-0.4, -0.2) is 25.3 Å². The van der Waals surface area contributed by atoms with Gasteiger partial charge in [0, 0.05) is 5.54 Å². The van der Waals surface area contributed by atoms with Crippen LogP contribution < -0.4 is 0 Å². The summed E-state index contributed by atoms with van der Waals surface area (Å²) in [6.45, 7) is 0.898. The first-order valence-corrected chi connectivity index (χ1v) is 3.80. The number of rotatable bonds is 3. The van der Waals surface area contributed by atoms with E-state index in [9.17, 15) is 4.79 Å². The predicted molar refractivity (Wildman–Crippen MR) is 40.5 cm³/mol. The van der Waals surface area contributed by atoms with Crippen molar-refractivity contribution >= 4 is 29.2 Å². The first-order valence-electron chi connectivity index (χ1n) is 2.98. The van der Waals surface area contributed by atoms with E-state index in [2.05, 4.69) is 4.74 Å². The van der Waals surface area contributed by atoms with Gasteiger partial charge in [-0.3, -0.25) is 0 Å². The zero-order chi connectivity index (χ0) is 8.27. The fourth-order valence-corrected chi connectivity index (χ4v) is 0.590. The minimum absolute atomic E-state index is 0.0544. The highest BCUT2D eigenvalue weighted by atomic mass is 35.5. The van der Waals surface area contributed by atoms with Crippen LogP contribution in [0.2, 0.25) is 0 Å². The van der Waals surface area contributed by atoms with Crippen molar-refractivity contribution in [2.75, 3.05) is 13.2 Å². The normalized spacial score (nSPS) is 23.1. The Hall–Kier alpha value is -0.250. The van der Waals surface area contributed by atoms with Gasteiger partial charge in [0.05, 0.1) is 6.61 Å². The number of ether oxygens (including phenoxy) is 2. The molecule has 1 heterocycles. The Morgan fingerprint density at radius 1 is 1.82 bits per heavy atom. The molecule has 62 valence electrons. The van der Waals surface area contributed by atoms with E-state index in [4.69, 9.17) is 27.9 Å². The molecule has 0 aromatic heterocycles. The zero-order valence-corrected chi connectivity index (χ0v) is 7.06. The summed E-state index contributed by atoms with van der Waals surface area (Å²) in [6.07, 6.45) is 0.0544. The standard InChI is InChI=1S/C6H6Cl2O3/c7-1-5(8)6(9)11-3-4-2-10-4/h1,4H,2-3H2/b5-1-. The van der Waals surface area contributed by atoms with Gasteiger partial charge in [0.25, 0.3) is 0 Å². The average molecular weight is 197 g/mol. The fraction of sp³-hybridized carbons (Fsp3) is 0.500. The quantitative estimate of drug-likeness (QED) is 0.388. The van der Waals surface area contributed by atoms with Gasteiger partial charge in [-0.1, -0.05) is 23.2 Å². The number of epoxide rings is 1. The molecule has 0 saturated carbocycles. The molecule has 1 atom stereocenters. The summed E-state index contributed by atoms with van der Waals surface area (Å²) in [4.78, 5) is 10.7. The van der Waals surface area contributed by atoms with Gasteiger partial charge in [0.2, 0.25) is 0 Å². The minimum atomic E-state index is -0.614. The molecule has 0 N–H and O–H groups in total. The maximum Gasteiger partial charge on any atom is 0.350 e. The third-order valence-electron chi connectivity index (χ3n) is 1.09. The Morgan fingerprint density at radius 3 is 2.91 bits per heavy atom. The highest BCUT2D eigenvalue weighted by molar-refractivity contribution is 6.45. The Morgan fingerprint density at radius 2 is 2.45 bits per heavy atom. The lowest BCUT2D eigenvalue weighted by Crippen LogP contribution is -2.09. The van der Waals surface area contributed by atoms with Gasteiger partial charge in [0.1, 0.15) is 17.7 Å². The molecule has 0 aromatic rings. The molecule has 1 unspecified atom stereocenters. The molecule has 0 spiro atoms. The molecule has 0 aromatic carbocycles. The Balaban J connectivity index is 2.19. The first kappa shape index (κ1) is 8.84. The zero-order valence-electron chi connectivity index (χ0n) is 5.55. The van der Waals surface area contributed by atoms with Crippen LogP contribution in [0.15, 0.2) is 10.6 Å². The van der Waals surface area contributed by atoms with E-state index in [0.717, 1.165) is 5.54 Å². The van der Waals surface area contributed by atoms with Crippen LogP contribution in [0.4, 0.5) is 0 Å². The minimum Gasteiger partial charge on any atom is -0.459 e. The van der Waals surface area contributed by atoms with E-state index in [-0.39, 0.29) is 17.7 Å². The number of hydrogen-bond acceptors (Lipinski definition) is 3. The molecule has 11 heavy (non-hydrogen) atoms. The molecule has 0 amide bonds. The smallest absolute Gasteiger partial charge is 0.350 e. The molecule has 0 radical (unpaired) electrons.